The Hall–Kier alpha value is -2.25. The molecule has 24 heavy (non-hydrogen) atoms. The van der Waals surface area contributed by atoms with Gasteiger partial charge in [-0.3, -0.25) is 14.4 Å². The molecule has 1 N–H and O–H groups in total. The molecule has 5 nitrogen and oxygen atoms in total. The molecule has 0 saturated heterocycles. The molecule has 2 rings (SSSR count). The van der Waals surface area contributed by atoms with Crippen LogP contribution in [0.15, 0.2) is 36.4 Å². The molecule has 0 aliphatic heterocycles. The second-order valence-corrected chi connectivity index (χ2v) is 6.46. The number of halogens is 2. The first kappa shape index (κ1) is 18.1. The van der Waals surface area contributed by atoms with E-state index in [-0.39, 0.29) is 18.6 Å². The van der Waals surface area contributed by atoms with Crippen LogP contribution in [-0.4, -0.2) is 24.3 Å². The van der Waals surface area contributed by atoms with Gasteiger partial charge in [-0.15, -0.1) is 11.3 Å². The zero-order valence-corrected chi connectivity index (χ0v) is 14.0. The summed E-state index contributed by atoms with van der Waals surface area (Å²) >= 11 is 6.88. The van der Waals surface area contributed by atoms with Gasteiger partial charge in [0.05, 0.1) is 15.6 Å². The van der Waals surface area contributed by atoms with Crippen molar-refractivity contribution in [3.63, 3.8) is 0 Å². The number of nitrogens with one attached hydrogen (secondary N) is 1. The lowest BCUT2D eigenvalue weighted by molar-refractivity contribution is -0.147. The molecule has 0 aliphatic carbocycles. The van der Waals surface area contributed by atoms with Gasteiger partial charge < -0.3 is 10.1 Å². The first-order valence-corrected chi connectivity index (χ1v) is 8.13. The summed E-state index contributed by atoms with van der Waals surface area (Å²) in [4.78, 5) is 35.4. The van der Waals surface area contributed by atoms with Gasteiger partial charge in [-0.25, -0.2) is 4.39 Å². The van der Waals surface area contributed by atoms with Crippen LogP contribution in [0.3, 0.4) is 0 Å². The molecule has 126 valence electrons. The van der Waals surface area contributed by atoms with E-state index in [9.17, 15) is 18.8 Å². The molecule has 1 aromatic heterocycles. The van der Waals surface area contributed by atoms with Gasteiger partial charge >= 0.3 is 5.97 Å². The SMILES string of the molecule is O=C(COC(=O)CCC(=O)c1ccc(Cl)s1)Nc1ccc(F)cc1. The molecule has 0 atom stereocenters. The first-order valence-electron chi connectivity index (χ1n) is 6.93. The van der Waals surface area contributed by atoms with Crippen molar-refractivity contribution in [2.75, 3.05) is 11.9 Å². The molecule has 0 spiro atoms. The van der Waals surface area contributed by atoms with Crippen molar-refractivity contribution in [1.82, 2.24) is 0 Å². The number of thiophene rings is 1. The Balaban J connectivity index is 1.69. The van der Waals surface area contributed by atoms with Gasteiger partial charge in [0.15, 0.2) is 12.4 Å². The highest BCUT2D eigenvalue weighted by atomic mass is 35.5. The number of benzene rings is 1. The quantitative estimate of drug-likeness (QED) is 0.596. The highest BCUT2D eigenvalue weighted by Gasteiger charge is 2.13. The topological polar surface area (TPSA) is 72.5 Å². The zero-order chi connectivity index (χ0) is 17.5. The molecule has 0 saturated carbocycles. The number of hydrogen-bond acceptors (Lipinski definition) is 5. The van der Waals surface area contributed by atoms with Crippen molar-refractivity contribution >= 4 is 46.3 Å². The number of anilines is 1. The van der Waals surface area contributed by atoms with Crippen LogP contribution in [0.2, 0.25) is 4.34 Å². The number of carbonyl (C=O) groups is 3. The maximum Gasteiger partial charge on any atom is 0.306 e. The number of Topliss-reactive ketones (excluding diaryl/α,β-unsaturated/α-hetero) is 1. The second-order valence-electron chi connectivity index (χ2n) is 4.74. The van der Waals surface area contributed by atoms with Crippen LogP contribution in [0.1, 0.15) is 22.5 Å². The van der Waals surface area contributed by atoms with E-state index in [4.69, 9.17) is 16.3 Å². The Morgan fingerprint density at radius 1 is 1.08 bits per heavy atom. The van der Waals surface area contributed by atoms with Gasteiger partial charge in [0.2, 0.25) is 0 Å². The van der Waals surface area contributed by atoms with Crippen LogP contribution in [0.5, 0.6) is 0 Å². The largest absolute Gasteiger partial charge is 0.456 e. The number of amides is 1. The number of carbonyl (C=O) groups excluding carboxylic acids is 3. The Labute approximate surface area is 146 Å². The molecule has 1 aromatic carbocycles. The fourth-order valence-electron chi connectivity index (χ4n) is 1.75. The van der Waals surface area contributed by atoms with Gasteiger partial charge in [0, 0.05) is 12.1 Å². The molecule has 2 aromatic rings. The average Bonchev–Trinajstić information content (AvgIpc) is 2.99. The van der Waals surface area contributed by atoms with E-state index in [0.29, 0.717) is 14.9 Å². The van der Waals surface area contributed by atoms with Crippen molar-refractivity contribution in [3.05, 3.63) is 51.4 Å². The molecule has 1 heterocycles. The fourth-order valence-corrected chi connectivity index (χ4v) is 2.76. The van der Waals surface area contributed by atoms with Crippen LogP contribution < -0.4 is 5.32 Å². The summed E-state index contributed by atoms with van der Waals surface area (Å²) < 4.78 is 18.0. The average molecular weight is 370 g/mol. The number of hydrogen-bond donors (Lipinski definition) is 1. The van der Waals surface area contributed by atoms with Gasteiger partial charge in [-0.2, -0.15) is 0 Å². The van der Waals surface area contributed by atoms with E-state index in [0.717, 1.165) is 11.3 Å². The Kier molecular flexibility index (Phi) is 6.45. The van der Waals surface area contributed by atoms with E-state index < -0.39 is 24.3 Å². The monoisotopic (exact) mass is 369 g/mol. The molecule has 8 heteroatoms. The minimum absolute atomic E-state index is 0.0186. The van der Waals surface area contributed by atoms with Crippen molar-refractivity contribution in [2.24, 2.45) is 0 Å². The number of esters is 1. The van der Waals surface area contributed by atoms with E-state index in [2.05, 4.69) is 5.32 Å². The lowest BCUT2D eigenvalue weighted by Crippen LogP contribution is -2.21. The second kappa shape index (κ2) is 8.56. The summed E-state index contributed by atoms with van der Waals surface area (Å²) in [6.07, 6.45) is -0.145. The molecule has 0 radical (unpaired) electrons. The van der Waals surface area contributed by atoms with E-state index in [1.165, 1.54) is 24.3 Å². The first-order chi connectivity index (χ1) is 11.4. The van der Waals surface area contributed by atoms with Crippen LogP contribution in [0.4, 0.5) is 10.1 Å². The van der Waals surface area contributed by atoms with Crippen molar-refractivity contribution < 1.29 is 23.5 Å². The molecular formula is C16H13ClFNO4S. The van der Waals surface area contributed by atoms with Gasteiger partial charge in [0.1, 0.15) is 5.82 Å². The minimum atomic E-state index is -0.653. The predicted molar refractivity (Wildman–Crippen MR) is 88.9 cm³/mol. The molecule has 0 aliphatic rings. The fraction of sp³-hybridized carbons (Fsp3) is 0.188. The smallest absolute Gasteiger partial charge is 0.306 e. The van der Waals surface area contributed by atoms with Crippen LogP contribution in [0.25, 0.3) is 0 Å². The van der Waals surface area contributed by atoms with Crippen LogP contribution in [0, 0.1) is 5.82 Å². The van der Waals surface area contributed by atoms with Crippen molar-refractivity contribution in [1.29, 1.82) is 0 Å². The maximum atomic E-state index is 12.7. The lowest BCUT2D eigenvalue weighted by atomic mass is 10.2. The summed E-state index contributed by atoms with van der Waals surface area (Å²) in [6.45, 7) is -0.477. The maximum absolute atomic E-state index is 12.7. The number of rotatable bonds is 7. The molecule has 1 amide bonds. The Morgan fingerprint density at radius 3 is 2.42 bits per heavy atom. The van der Waals surface area contributed by atoms with Gasteiger partial charge in [0.25, 0.3) is 5.91 Å². The third-order valence-electron chi connectivity index (χ3n) is 2.90. The minimum Gasteiger partial charge on any atom is -0.456 e. The van der Waals surface area contributed by atoms with Gasteiger partial charge in [-0.05, 0) is 36.4 Å². The molecule has 0 bridgehead atoms. The highest BCUT2D eigenvalue weighted by molar-refractivity contribution is 7.18. The third-order valence-corrected chi connectivity index (χ3v) is 4.17. The summed E-state index contributed by atoms with van der Waals surface area (Å²) in [5.74, 6) is -1.83. The Bertz CT molecular complexity index is 745. The summed E-state index contributed by atoms with van der Waals surface area (Å²) in [6, 6.07) is 8.38. The summed E-state index contributed by atoms with van der Waals surface area (Å²) in [5.41, 5.74) is 0.391. The molecule has 0 fully saturated rings. The standard InChI is InChI=1S/C16H13ClFNO4S/c17-14-7-6-13(24-14)12(20)5-8-16(22)23-9-15(21)19-11-3-1-10(18)2-4-11/h1-4,6-7H,5,8-9H2,(H,19,21). The van der Waals surface area contributed by atoms with Crippen molar-refractivity contribution in [2.45, 2.75) is 12.8 Å². The normalized spacial score (nSPS) is 10.2. The van der Waals surface area contributed by atoms with Crippen molar-refractivity contribution in [3.8, 4) is 0 Å². The van der Waals surface area contributed by atoms with E-state index >= 15 is 0 Å². The molecular weight excluding hydrogens is 357 g/mol. The van der Waals surface area contributed by atoms with E-state index in [1.807, 2.05) is 0 Å². The number of ether oxygens (including phenoxy) is 1. The number of ketones is 1. The highest BCUT2D eigenvalue weighted by Crippen LogP contribution is 2.22. The zero-order valence-electron chi connectivity index (χ0n) is 12.4. The Morgan fingerprint density at radius 2 is 1.79 bits per heavy atom. The summed E-state index contributed by atoms with van der Waals surface area (Å²) in [7, 11) is 0. The molecule has 0 unspecified atom stereocenters. The van der Waals surface area contributed by atoms with Crippen LogP contribution in [-0.2, 0) is 14.3 Å². The lowest BCUT2D eigenvalue weighted by Gasteiger charge is -2.06. The summed E-state index contributed by atoms with van der Waals surface area (Å²) in [5, 5.41) is 2.46. The van der Waals surface area contributed by atoms with Crippen LogP contribution >= 0.6 is 22.9 Å². The third kappa shape index (κ3) is 5.75. The van der Waals surface area contributed by atoms with E-state index in [1.54, 1.807) is 12.1 Å². The predicted octanol–water partition coefficient (Wildman–Crippen LogP) is 3.69. The van der Waals surface area contributed by atoms with Gasteiger partial charge in [-0.1, -0.05) is 11.6 Å².